The van der Waals surface area contributed by atoms with Gasteiger partial charge in [-0.15, -0.1) is 12.4 Å². The van der Waals surface area contributed by atoms with Crippen molar-refractivity contribution in [2.24, 2.45) is 5.73 Å². The van der Waals surface area contributed by atoms with Gasteiger partial charge in [-0.2, -0.15) is 0 Å². The van der Waals surface area contributed by atoms with E-state index in [-0.39, 0.29) is 30.4 Å². The molecule has 130 valence electrons. The molecule has 6 heteroatoms. The summed E-state index contributed by atoms with van der Waals surface area (Å²) < 4.78 is 11.0. The topological polar surface area (TPSA) is 77.5 Å². The predicted molar refractivity (Wildman–Crippen MR) is 94.4 cm³/mol. The number of nitrogens with one attached hydrogen (secondary N) is 1. The van der Waals surface area contributed by atoms with Crippen LogP contribution in [0, 0.1) is 0 Å². The van der Waals surface area contributed by atoms with Gasteiger partial charge in [-0.25, -0.2) is 0 Å². The standard InChI is InChI=1S/C18H22N2O3.ClH/c19-14-6-8-15(9-7-14)20-18(21)17-13(10-11-22-17)12-23-16-4-2-1-3-5-16;/h1-5,10-11,14-15H,6-9,12,19H2,(H,20,21);1H. The molecule has 1 aliphatic carbocycles. The fourth-order valence-electron chi connectivity index (χ4n) is 2.84. The molecule has 0 atom stereocenters. The van der Waals surface area contributed by atoms with Crippen molar-refractivity contribution in [2.45, 2.75) is 44.4 Å². The molecule has 0 aliphatic heterocycles. The molecule has 5 nitrogen and oxygen atoms in total. The lowest BCUT2D eigenvalue weighted by atomic mass is 9.92. The summed E-state index contributed by atoms with van der Waals surface area (Å²) in [6.07, 6.45) is 5.27. The summed E-state index contributed by atoms with van der Waals surface area (Å²) in [5, 5.41) is 3.04. The molecule has 1 fully saturated rings. The molecule has 1 aromatic heterocycles. The largest absolute Gasteiger partial charge is 0.489 e. The number of halogens is 1. The van der Waals surface area contributed by atoms with Crippen molar-refractivity contribution < 1.29 is 13.9 Å². The Morgan fingerprint density at radius 3 is 2.58 bits per heavy atom. The molecule has 1 amide bonds. The van der Waals surface area contributed by atoms with Crippen LogP contribution in [0.15, 0.2) is 47.1 Å². The molecular weight excluding hydrogens is 328 g/mol. The number of benzene rings is 1. The fraction of sp³-hybridized carbons (Fsp3) is 0.389. The van der Waals surface area contributed by atoms with Crippen LogP contribution in [-0.2, 0) is 6.61 Å². The molecule has 0 saturated heterocycles. The number of hydrogen-bond acceptors (Lipinski definition) is 4. The van der Waals surface area contributed by atoms with Crippen LogP contribution >= 0.6 is 12.4 Å². The normalized spacial score (nSPS) is 20.0. The van der Waals surface area contributed by atoms with Crippen LogP contribution in [0.4, 0.5) is 0 Å². The van der Waals surface area contributed by atoms with Crippen molar-refractivity contribution in [3.63, 3.8) is 0 Å². The Bertz CT molecular complexity index is 637. The molecule has 1 heterocycles. The lowest BCUT2D eigenvalue weighted by Gasteiger charge is -2.26. The van der Waals surface area contributed by atoms with Gasteiger partial charge in [0.25, 0.3) is 5.91 Å². The average Bonchev–Trinajstić information content (AvgIpc) is 3.05. The summed E-state index contributed by atoms with van der Waals surface area (Å²) in [7, 11) is 0. The number of carbonyl (C=O) groups excluding carboxylic acids is 1. The maximum absolute atomic E-state index is 12.4. The molecule has 0 spiro atoms. The summed E-state index contributed by atoms with van der Waals surface area (Å²) in [6, 6.07) is 11.7. The minimum atomic E-state index is -0.179. The first kappa shape index (κ1) is 18.4. The van der Waals surface area contributed by atoms with Crippen LogP contribution in [-0.4, -0.2) is 18.0 Å². The van der Waals surface area contributed by atoms with Crippen molar-refractivity contribution in [1.29, 1.82) is 0 Å². The number of carbonyl (C=O) groups is 1. The van der Waals surface area contributed by atoms with Crippen molar-refractivity contribution >= 4 is 18.3 Å². The summed E-state index contributed by atoms with van der Waals surface area (Å²) in [6.45, 7) is 0.304. The van der Waals surface area contributed by atoms with Crippen molar-refractivity contribution in [2.75, 3.05) is 0 Å². The minimum absolute atomic E-state index is 0. The highest BCUT2D eigenvalue weighted by atomic mass is 35.5. The first-order chi connectivity index (χ1) is 11.2. The molecular formula is C18H23ClN2O3. The van der Waals surface area contributed by atoms with Gasteiger partial charge in [0.1, 0.15) is 12.4 Å². The van der Waals surface area contributed by atoms with Gasteiger partial charge in [-0.1, -0.05) is 18.2 Å². The molecule has 3 rings (SSSR count). The van der Waals surface area contributed by atoms with Gasteiger partial charge < -0.3 is 20.2 Å². The molecule has 0 radical (unpaired) electrons. The maximum Gasteiger partial charge on any atom is 0.287 e. The molecule has 1 aromatic carbocycles. The summed E-state index contributed by atoms with van der Waals surface area (Å²) in [4.78, 5) is 12.4. The van der Waals surface area contributed by atoms with Crippen LogP contribution in [0.25, 0.3) is 0 Å². The molecule has 0 unspecified atom stereocenters. The molecule has 24 heavy (non-hydrogen) atoms. The third-order valence-electron chi connectivity index (χ3n) is 4.20. The second-order valence-electron chi connectivity index (χ2n) is 5.96. The van der Waals surface area contributed by atoms with Crippen molar-refractivity contribution in [1.82, 2.24) is 5.32 Å². The first-order valence-corrected chi connectivity index (χ1v) is 8.03. The highest BCUT2D eigenvalue weighted by molar-refractivity contribution is 5.93. The van der Waals surface area contributed by atoms with Gasteiger partial charge in [-0.3, -0.25) is 4.79 Å². The van der Waals surface area contributed by atoms with E-state index in [0.29, 0.717) is 12.4 Å². The Labute approximate surface area is 148 Å². The van der Waals surface area contributed by atoms with Gasteiger partial charge in [0.15, 0.2) is 5.76 Å². The minimum Gasteiger partial charge on any atom is -0.489 e. The van der Waals surface area contributed by atoms with Crippen molar-refractivity contribution in [3.05, 3.63) is 54.0 Å². The van der Waals surface area contributed by atoms with E-state index in [2.05, 4.69) is 5.32 Å². The van der Waals surface area contributed by atoms with Gasteiger partial charge in [0.2, 0.25) is 0 Å². The summed E-state index contributed by atoms with van der Waals surface area (Å²) >= 11 is 0. The molecule has 0 bridgehead atoms. The van der Waals surface area contributed by atoms with E-state index in [9.17, 15) is 4.79 Å². The van der Waals surface area contributed by atoms with E-state index in [1.165, 1.54) is 6.26 Å². The van der Waals surface area contributed by atoms with Crippen LogP contribution in [0.5, 0.6) is 5.75 Å². The molecule has 2 aromatic rings. The number of hydrogen-bond donors (Lipinski definition) is 2. The smallest absolute Gasteiger partial charge is 0.287 e. The highest BCUT2D eigenvalue weighted by Crippen LogP contribution is 2.19. The SMILES string of the molecule is Cl.NC1CCC(NC(=O)c2occc2COc2ccccc2)CC1. The zero-order chi connectivity index (χ0) is 16.1. The van der Waals surface area contributed by atoms with E-state index in [0.717, 1.165) is 37.0 Å². The maximum atomic E-state index is 12.4. The predicted octanol–water partition coefficient (Wildman–Crippen LogP) is 3.28. The summed E-state index contributed by atoms with van der Waals surface area (Å²) in [5.74, 6) is 0.916. The number of ether oxygens (including phenoxy) is 1. The molecule has 3 N–H and O–H groups in total. The van der Waals surface area contributed by atoms with Gasteiger partial charge in [-0.05, 0) is 43.9 Å². The monoisotopic (exact) mass is 350 g/mol. The van der Waals surface area contributed by atoms with Gasteiger partial charge in [0, 0.05) is 17.6 Å². The third-order valence-corrected chi connectivity index (χ3v) is 4.20. The van der Waals surface area contributed by atoms with Gasteiger partial charge in [0.05, 0.1) is 6.26 Å². The van der Waals surface area contributed by atoms with Crippen molar-refractivity contribution in [3.8, 4) is 5.75 Å². The zero-order valence-electron chi connectivity index (χ0n) is 13.4. The van der Waals surface area contributed by atoms with Crippen LogP contribution in [0.3, 0.4) is 0 Å². The Morgan fingerprint density at radius 2 is 1.88 bits per heavy atom. The quantitative estimate of drug-likeness (QED) is 0.867. The second kappa shape index (κ2) is 8.76. The Kier molecular flexibility index (Phi) is 6.70. The Balaban J connectivity index is 0.00000208. The van der Waals surface area contributed by atoms with Crippen LogP contribution in [0.2, 0.25) is 0 Å². The lowest BCUT2D eigenvalue weighted by molar-refractivity contribution is 0.0894. The number of para-hydroxylation sites is 1. The summed E-state index contributed by atoms with van der Waals surface area (Å²) in [5.41, 5.74) is 6.64. The number of amides is 1. The van der Waals surface area contributed by atoms with E-state index >= 15 is 0 Å². The van der Waals surface area contributed by atoms with Crippen LogP contribution in [0.1, 0.15) is 41.8 Å². The second-order valence-corrected chi connectivity index (χ2v) is 5.96. The van der Waals surface area contributed by atoms with Crippen LogP contribution < -0.4 is 15.8 Å². The lowest BCUT2D eigenvalue weighted by Crippen LogP contribution is -2.40. The van der Waals surface area contributed by atoms with E-state index in [1.807, 2.05) is 30.3 Å². The highest BCUT2D eigenvalue weighted by Gasteiger charge is 2.23. The first-order valence-electron chi connectivity index (χ1n) is 8.03. The number of rotatable bonds is 5. The van der Waals surface area contributed by atoms with Gasteiger partial charge >= 0.3 is 0 Å². The Hall–Kier alpha value is -1.98. The van der Waals surface area contributed by atoms with E-state index in [4.69, 9.17) is 14.9 Å². The Morgan fingerprint density at radius 1 is 1.17 bits per heavy atom. The molecule has 1 aliphatic rings. The average molecular weight is 351 g/mol. The number of furan rings is 1. The third kappa shape index (κ3) is 4.76. The van der Waals surface area contributed by atoms with E-state index < -0.39 is 0 Å². The zero-order valence-corrected chi connectivity index (χ0v) is 14.3. The molecule has 1 saturated carbocycles. The fourth-order valence-corrected chi connectivity index (χ4v) is 2.84. The number of nitrogens with two attached hydrogens (primary N) is 1. The van der Waals surface area contributed by atoms with E-state index in [1.54, 1.807) is 6.07 Å².